The largest absolute Gasteiger partial charge is 0.493 e. The number of rotatable bonds is 3. The number of aliphatic hydroxyl groups is 1. The molecule has 19 heavy (non-hydrogen) atoms. The van der Waals surface area contributed by atoms with Crippen LogP contribution in [-0.2, 0) is 9.53 Å². The molecule has 0 spiro atoms. The Morgan fingerprint density at radius 2 is 2.16 bits per heavy atom. The molecule has 0 unspecified atom stereocenters. The van der Waals surface area contributed by atoms with Gasteiger partial charge < -0.3 is 9.84 Å². The van der Waals surface area contributed by atoms with E-state index >= 15 is 0 Å². The smallest absolute Gasteiger partial charge is 0.225 e. The van der Waals surface area contributed by atoms with Gasteiger partial charge in [-0.3, -0.25) is 4.79 Å². The van der Waals surface area contributed by atoms with E-state index in [1.54, 1.807) is 0 Å². The number of methoxy groups -OCH3 is 1. The number of ether oxygens (including phenoxy) is 1. The van der Waals surface area contributed by atoms with Crippen LogP contribution in [0.4, 0.5) is 0 Å². The number of aliphatic hydroxyl groups excluding tert-OH is 1. The molecule has 2 aliphatic rings. The van der Waals surface area contributed by atoms with Crippen LogP contribution in [0.25, 0.3) is 0 Å². The Balaban J connectivity index is 2.57. The normalized spacial score (nSPS) is 27.2. The molecule has 104 valence electrons. The van der Waals surface area contributed by atoms with Crippen molar-refractivity contribution in [2.75, 3.05) is 13.7 Å². The predicted molar refractivity (Wildman–Crippen MR) is 74.5 cm³/mol. The van der Waals surface area contributed by atoms with Gasteiger partial charge in [0.1, 0.15) is 0 Å². The summed E-state index contributed by atoms with van der Waals surface area (Å²) in [4.78, 5) is 12.2. The Labute approximate surface area is 114 Å². The lowest BCUT2D eigenvalue weighted by atomic mass is 9.66. The summed E-state index contributed by atoms with van der Waals surface area (Å²) in [6.07, 6.45) is 6.01. The van der Waals surface area contributed by atoms with Crippen LogP contribution in [0.2, 0.25) is 0 Å². The van der Waals surface area contributed by atoms with Gasteiger partial charge in [0.05, 0.1) is 13.7 Å². The van der Waals surface area contributed by atoms with Crippen molar-refractivity contribution in [1.82, 2.24) is 0 Å². The van der Waals surface area contributed by atoms with Crippen molar-refractivity contribution in [3.63, 3.8) is 0 Å². The van der Waals surface area contributed by atoms with Crippen molar-refractivity contribution < 1.29 is 14.6 Å². The first-order valence-corrected chi connectivity index (χ1v) is 6.79. The minimum Gasteiger partial charge on any atom is -0.493 e. The van der Waals surface area contributed by atoms with Crippen LogP contribution in [-0.4, -0.2) is 24.6 Å². The van der Waals surface area contributed by atoms with Gasteiger partial charge in [0.25, 0.3) is 0 Å². The van der Waals surface area contributed by atoms with Crippen LogP contribution >= 0.6 is 0 Å². The minimum atomic E-state index is -0.230. The van der Waals surface area contributed by atoms with Gasteiger partial charge in [0, 0.05) is 11.0 Å². The van der Waals surface area contributed by atoms with E-state index in [2.05, 4.69) is 26.8 Å². The zero-order chi connectivity index (χ0) is 14.2. The average molecular weight is 262 g/mol. The SMILES string of the molecule is COC1=C[C@]2(C)CCC(C(C)C)=CC2=C(CO)C1=O. The number of ketones is 1. The second-order valence-electron chi connectivity index (χ2n) is 5.88. The first-order chi connectivity index (χ1) is 8.92. The number of hydrogen-bond donors (Lipinski definition) is 1. The monoisotopic (exact) mass is 262 g/mol. The fraction of sp³-hybridized carbons (Fsp3) is 0.562. The number of hydrogen-bond acceptors (Lipinski definition) is 3. The van der Waals surface area contributed by atoms with Gasteiger partial charge in [-0.2, -0.15) is 0 Å². The molecule has 1 atom stereocenters. The van der Waals surface area contributed by atoms with Gasteiger partial charge in [-0.25, -0.2) is 0 Å². The number of Topliss-reactive ketones (excluding diaryl/α,β-unsaturated/α-hetero) is 1. The van der Waals surface area contributed by atoms with Crippen molar-refractivity contribution in [1.29, 1.82) is 0 Å². The Bertz CT molecular complexity index is 494. The zero-order valence-electron chi connectivity index (χ0n) is 12.1. The third-order valence-corrected chi connectivity index (χ3v) is 4.27. The molecule has 0 fully saturated rings. The van der Waals surface area contributed by atoms with Crippen LogP contribution in [0.3, 0.4) is 0 Å². The highest BCUT2D eigenvalue weighted by atomic mass is 16.5. The highest BCUT2D eigenvalue weighted by molar-refractivity contribution is 6.09. The molecule has 3 nitrogen and oxygen atoms in total. The van der Waals surface area contributed by atoms with Gasteiger partial charge in [-0.15, -0.1) is 0 Å². The number of carbonyl (C=O) groups is 1. The average Bonchev–Trinajstić information content (AvgIpc) is 2.38. The molecule has 3 heteroatoms. The highest BCUT2D eigenvalue weighted by Crippen LogP contribution is 2.47. The van der Waals surface area contributed by atoms with Crippen LogP contribution in [0.1, 0.15) is 33.6 Å². The fourth-order valence-electron chi connectivity index (χ4n) is 2.93. The van der Waals surface area contributed by atoms with Gasteiger partial charge in [-0.1, -0.05) is 32.4 Å². The van der Waals surface area contributed by atoms with Gasteiger partial charge in [-0.05, 0) is 30.4 Å². The summed E-state index contributed by atoms with van der Waals surface area (Å²) in [6.45, 7) is 6.20. The standard InChI is InChI=1S/C16H22O3/c1-10(2)11-5-6-16(3)8-14(19-4)15(18)12(9-17)13(16)7-11/h7-8,10,17H,5-6,9H2,1-4H3/t16-/m0/s1. The summed E-state index contributed by atoms with van der Waals surface area (Å²) in [5, 5.41) is 9.56. The third kappa shape index (κ3) is 2.27. The first-order valence-electron chi connectivity index (χ1n) is 6.79. The molecule has 0 aromatic carbocycles. The summed E-state index contributed by atoms with van der Waals surface area (Å²) in [7, 11) is 1.51. The van der Waals surface area contributed by atoms with Crippen LogP contribution in [0.15, 0.2) is 34.6 Å². The molecule has 0 aromatic heterocycles. The number of carbonyl (C=O) groups excluding carboxylic acids is 1. The van der Waals surface area contributed by atoms with Crippen LogP contribution in [0, 0.1) is 11.3 Å². The van der Waals surface area contributed by atoms with E-state index in [4.69, 9.17) is 4.74 Å². The molecular formula is C16H22O3. The molecule has 0 saturated heterocycles. The maximum Gasteiger partial charge on any atom is 0.225 e. The van der Waals surface area contributed by atoms with E-state index in [0.717, 1.165) is 18.4 Å². The lowest BCUT2D eigenvalue weighted by Crippen LogP contribution is -2.31. The highest BCUT2D eigenvalue weighted by Gasteiger charge is 2.39. The first kappa shape index (κ1) is 14.1. The van der Waals surface area contributed by atoms with E-state index < -0.39 is 0 Å². The third-order valence-electron chi connectivity index (χ3n) is 4.27. The molecule has 0 radical (unpaired) electrons. The molecule has 0 bridgehead atoms. The van der Waals surface area contributed by atoms with Crippen molar-refractivity contribution in [3.8, 4) is 0 Å². The maximum atomic E-state index is 12.2. The summed E-state index contributed by atoms with van der Waals surface area (Å²) in [5.74, 6) is 0.648. The number of allylic oxidation sites excluding steroid dienone is 5. The molecule has 2 aliphatic carbocycles. The van der Waals surface area contributed by atoms with Crippen molar-refractivity contribution in [2.45, 2.75) is 33.6 Å². The molecule has 0 aromatic rings. The molecule has 0 saturated carbocycles. The Morgan fingerprint density at radius 1 is 1.47 bits per heavy atom. The summed E-state index contributed by atoms with van der Waals surface area (Å²) < 4.78 is 5.17. The fourth-order valence-corrected chi connectivity index (χ4v) is 2.93. The molecule has 0 aliphatic heterocycles. The Kier molecular flexibility index (Phi) is 3.68. The predicted octanol–water partition coefficient (Wildman–Crippen LogP) is 2.77. The maximum absolute atomic E-state index is 12.2. The minimum absolute atomic E-state index is 0.182. The second-order valence-corrected chi connectivity index (χ2v) is 5.88. The van der Waals surface area contributed by atoms with Gasteiger partial charge >= 0.3 is 0 Å². The van der Waals surface area contributed by atoms with E-state index in [1.165, 1.54) is 12.7 Å². The lowest BCUT2D eigenvalue weighted by Gasteiger charge is -2.38. The van der Waals surface area contributed by atoms with Crippen molar-refractivity contribution in [3.05, 3.63) is 34.6 Å². The van der Waals surface area contributed by atoms with E-state index in [0.29, 0.717) is 17.3 Å². The number of fused-ring (bicyclic) bond motifs is 1. The molecule has 0 amide bonds. The summed E-state index contributed by atoms with van der Waals surface area (Å²) >= 11 is 0. The molecule has 1 N–H and O–H groups in total. The van der Waals surface area contributed by atoms with E-state index in [-0.39, 0.29) is 17.8 Å². The van der Waals surface area contributed by atoms with Crippen molar-refractivity contribution >= 4 is 5.78 Å². The molecule has 0 heterocycles. The van der Waals surface area contributed by atoms with E-state index in [1.807, 2.05) is 6.08 Å². The molecule has 2 rings (SSSR count). The van der Waals surface area contributed by atoms with Crippen LogP contribution in [0.5, 0.6) is 0 Å². The lowest BCUT2D eigenvalue weighted by molar-refractivity contribution is -0.115. The Morgan fingerprint density at radius 3 is 2.68 bits per heavy atom. The van der Waals surface area contributed by atoms with Gasteiger partial charge in [0.15, 0.2) is 5.76 Å². The Hall–Kier alpha value is -1.35. The molecular weight excluding hydrogens is 240 g/mol. The van der Waals surface area contributed by atoms with Gasteiger partial charge in [0.2, 0.25) is 5.78 Å². The summed E-state index contributed by atoms with van der Waals surface area (Å²) in [5.41, 5.74) is 2.60. The second kappa shape index (κ2) is 4.97. The summed E-state index contributed by atoms with van der Waals surface area (Å²) in [6, 6.07) is 0. The zero-order valence-corrected chi connectivity index (χ0v) is 12.1. The van der Waals surface area contributed by atoms with Crippen molar-refractivity contribution in [2.24, 2.45) is 11.3 Å². The van der Waals surface area contributed by atoms with E-state index in [9.17, 15) is 9.90 Å². The quantitative estimate of drug-likeness (QED) is 0.850. The van der Waals surface area contributed by atoms with Crippen LogP contribution < -0.4 is 0 Å². The topological polar surface area (TPSA) is 46.5 Å².